The Bertz CT molecular complexity index is 1630. The van der Waals surface area contributed by atoms with Crippen molar-refractivity contribution in [3.05, 3.63) is 87.5 Å². The third kappa shape index (κ3) is 3.78. The number of aromatic nitrogens is 3. The lowest BCUT2D eigenvalue weighted by Crippen LogP contribution is -2.44. The van der Waals surface area contributed by atoms with Gasteiger partial charge in [0.15, 0.2) is 24.5 Å². The number of fused-ring (bicyclic) bond motifs is 5. The van der Waals surface area contributed by atoms with Crippen LogP contribution in [0.3, 0.4) is 0 Å². The Morgan fingerprint density at radius 2 is 2.08 bits per heavy atom. The van der Waals surface area contributed by atoms with Crippen LogP contribution in [-0.2, 0) is 41.4 Å². The summed E-state index contributed by atoms with van der Waals surface area (Å²) in [6, 6.07) is 13.1. The van der Waals surface area contributed by atoms with Gasteiger partial charge in [-0.1, -0.05) is 6.92 Å². The highest BCUT2D eigenvalue weighted by Crippen LogP contribution is 2.38. The standard InChI is InChI=1S/C28H26N3O6/c1-2-28(35)22-12-24-25-19(14-31(24)26(33)21(22)16-37-27(28)34)10-18-11-20(5-6-23(18)29-25)36-9-8-30-7-3-4-17(13-30)15-32/h3-7,10-13,32,35H,2,8-9,14-16H2,1H3/q+1/t28-/m0/s1. The number of carbonyl (C=O) groups excluding carboxylic acids is 1. The molecule has 0 amide bonds. The van der Waals surface area contributed by atoms with Crippen molar-refractivity contribution in [2.75, 3.05) is 6.61 Å². The maximum Gasteiger partial charge on any atom is 0.343 e. The topological polar surface area (TPSA) is 115 Å². The van der Waals surface area contributed by atoms with Crippen LogP contribution in [-0.4, -0.2) is 32.3 Å². The molecule has 4 aromatic rings. The van der Waals surface area contributed by atoms with E-state index in [9.17, 15) is 19.8 Å². The lowest BCUT2D eigenvalue weighted by atomic mass is 9.86. The van der Waals surface area contributed by atoms with Crippen LogP contribution >= 0.6 is 0 Å². The second-order valence-corrected chi connectivity index (χ2v) is 9.41. The minimum atomic E-state index is -1.84. The number of nitrogens with zero attached hydrogens (tertiary/aromatic N) is 3. The third-order valence-electron chi connectivity index (χ3n) is 7.20. The second-order valence-electron chi connectivity index (χ2n) is 9.41. The van der Waals surface area contributed by atoms with Gasteiger partial charge in [0.1, 0.15) is 19.0 Å². The van der Waals surface area contributed by atoms with Gasteiger partial charge in [0.25, 0.3) is 5.56 Å². The number of carbonyl (C=O) groups is 1. The Labute approximate surface area is 212 Å². The predicted molar refractivity (Wildman–Crippen MR) is 133 cm³/mol. The van der Waals surface area contributed by atoms with Crippen LogP contribution in [0.2, 0.25) is 0 Å². The summed E-state index contributed by atoms with van der Waals surface area (Å²) in [7, 11) is 0. The molecule has 1 aromatic carbocycles. The van der Waals surface area contributed by atoms with Gasteiger partial charge in [0.2, 0.25) is 0 Å². The molecule has 2 aliphatic rings. The highest BCUT2D eigenvalue weighted by Gasteiger charge is 2.45. The quantitative estimate of drug-likeness (QED) is 0.271. The number of cyclic esters (lactones) is 1. The van der Waals surface area contributed by atoms with Crippen LogP contribution in [0, 0.1) is 0 Å². The number of aliphatic hydroxyl groups excluding tert-OH is 1. The molecule has 0 spiro atoms. The van der Waals surface area contributed by atoms with Crippen LogP contribution in [0.4, 0.5) is 0 Å². The lowest BCUT2D eigenvalue weighted by Gasteiger charge is -2.31. The Kier molecular flexibility index (Phi) is 5.54. The summed E-state index contributed by atoms with van der Waals surface area (Å²) in [5.74, 6) is -0.0245. The summed E-state index contributed by atoms with van der Waals surface area (Å²) in [5.41, 5.74) is 2.22. The first-order valence-corrected chi connectivity index (χ1v) is 12.2. The zero-order valence-corrected chi connectivity index (χ0v) is 20.3. The van der Waals surface area contributed by atoms with E-state index in [-0.39, 0.29) is 25.2 Å². The summed E-state index contributed by atoms with van der Waals surface area (Å²) in [4.78, 5) is 30.5. The summed E-state index contributed by atoms with van der Waals surface area (Å²) >= 11 is 0. The van der Waals surface area contributed by atoms with Crippen LogP contribution in [0.1, 0.15) is 35.6 Å². The lowest BCUT2D eigenvalue weighted by molar-refractivity contribution is -0.698. The molecule has 0 saturated heterocycles. The highest BCUT2D eigenvalue weighted by atomic mass is 16.6. The SMILES string of the molecule is CC[C@@]1(O)C(=O)OCc2c1cc1n(c2=O)Cc2cc3cc(OCC[n+]4cccc(CO)c4)ccc3nc2-1. The Balaban J connectivity index is 1.30. The van der Waals surface area contributed by atoms with Crippen molar-refractivity contribution in [3.8, 4) is 17.1 Å². The summed E-state index contributed by atoms with van der Waals surface area (Å²) in [6.07, 6.45) is 3.92. The minimum absolute atomic E-state index is 0.00626. The Hall–Kier alpha value is -4.08. The number of hydrogen-bond donors (Lipinski definition) is 2. The largest absolute Gasteiger partial charge is 0.487 e. The maximum absolute atomic E-state index is 13.3. The van der Waals surface area contributed by atoms with Crippen molar-refractivity contribution in [1.29, 1.82) is 0 Å². The zero-order chi connectivity index (χ0) is 25.7. The van der Waals surface area contributed by atoms with Gasteiger partial charge in [-0.25, -0.2) is 14.3 Å². The van der Waals surface area contributed by atoms with Crippen LogP contribution in [0.15, 0.2) is 59.7 Å². The molecule has 6 rings (SSSR count). The Morgan fingerprint density at radius 1 is 1.22 bits per heavy atom. The number of aliphatic hydroxyl groups is 2. The fraction of sp³-hybridized carbons (Fsp3) is 0.286. The van der Waals surface area contributed by atoms with Gasteiger partial charge in [-0.05, 0) is 42.8 Å². The van der Waals surface area contributed by atoms with Crippen molar-refractivity contribution in [2.45, 2.75) is 45.2 Å². The van der Waals surface area contributed by atoms with E-state index in [1.807, 2.05) is 53.4 Å². The number of benzene rings is 1. The molecule has 0 unspecified atom stereocenters. The average Bonchev–Trinajstić information content (AvgIpc) is 3.27. The van der Waals surface area contributed by atoms with Crippen LogP contribution in [0.25, 0.3) is 22.3 Å². The molecular formula is C28H26N3O6+. The van der Waals surface area contributed by atoms with Gasteiger partial charge in [-0.2, -0.15) is 0 Å². The first-order valence-electron chi connectivity index (χ1n) is 12.2. The minimum Gasteiger partial charge on any atom is -0.487 e. The fourth-order valence-corrected chi connectivity index (χ4v) is 5.13. The van der Waals surface area contributed by atoms with E-state index in [4.69, 9.17) is 14.5 Å². The maximum atomic E-state index is 13.3. The number of ether oxygens (including phenoxy) is 2. The summed E-state index contributed by atoms with van der Waals surface area (Å²) in [6.45, 7) is 2.97. The molecule has 0 fully saturated rings. The summed E-state index contributed by atoms with van der Waals surface area (Å²) in [5, 5.41) is 21.2. The molecule has 0 aliphatic carbocycles. The van der Waals surface area contributed by atoms with E-state index >= 15 is 0 Å². The molecule has 1 atom stereocenters. The van der Waals surface area contributed by atoms with Crippen LogP contribution in [0.5, 0.6) is 5.75 Å². The van der Waals surface area contributed by atoms with Crippen molar-refractivity contribution < 1.29 is 29.0 Å². The van der Waals surface area contributed by atoms with Gasteiger partial charge < -0.3 is 24.3 Å². The van der Waals surface area contributed by atoms with E-state index in [0.29, 0.717) is 48.0 Å². The predicted octanol–water partition coefficient (Wildman–Crippen LogP) is 1.94. The monoisotopic (exact) mass is 500 g/mol. The molecule has 0 saturated carbocycles. The Morgan fingerprint density at radius 3 is 2.89 bits per heavy atom. The molecular weight excluding hydrogens is 474 g/mol. The van der Waals surface area contributed by atoms with Crippen molar-refractivity contribution in [1.82, 2.24) is 9.55 Å². The summed E-state index contributed by atoms with van der Waals surface area (Å²) < 4.78 is 14.7. The molecule has 188 valence electrons. The van der Waals surface area contributed by atoms with Crippen LogP contribution < -0.4 is 14.9 Å². The highest BCUT2D eigenvalue weighted by molar-refractivity contribution is 5.87. The second kappa shape index (κ2) is 8.79. The van der Waals surface area contributed by atoms with Gasteiger partial charge in [0.05, 0.1) is 35.6 Å². The first kappa shape index (κ1) is 23.3. The number of rotatable bonds is 6. The van der Waals surface area contributed by atoms with Gasteiger partial charge in [0, 0.05) is 28.1 Å². The molecule has 3 aromatic heterocycles. The van der Waals surface area contributed by atoms with Gasteiger partial charge in [-0.15, -0.1) is 0 Å². The average molecular weight is 501 g/mol. The van der Waals surface area contributed by atoms with E-state index in [1.54, 1.807) is 17.6 Å². The van der Waals surface area contributed by atoms with Crippen molar-refractivity contribution in [2.24, 2.45) is 0 Å². The molecule has 5 heterocycles. The molecule has 37 heavy (non-hydrogen) atoms. The third-order valence-corrected chi connectivity index (χ3v) is 7.20. The smallest absolute Gasteiger partial charge is 0.343 e. The molecule has 0 radical (unpaired) electrons. The molecule has 9 heteroatoms. The van der Waals surface area contributed by atoms with Gasteiger partial charge in [-0.3, -0.25) is 4.79 Å². The molecule has 2 aliphatic heterocycles. The van der Waals surface area contributed by atoms with E-state index in [0.717, 1.165) is 22.0 Å². The van der Waals surface area contributed by atoms with Gasteiger partial charge >= 0.3 is 5.97 Å². The molecule has 2 N–H and O–H groups in total. The van der Waals surface area contributed by atoms with E-state index < -0.39 is 11.6 Å². The van der Waals surface area contributed by atoms with E-state index in [2.05, 4.69) is 0 Å². The van der Waals surface area contributed by atoms with E-state index in [1.165, 1.54) is 0 Å². The number of pyridine rings is 3. The molecule has 0 bridgehead atoms. The number of hydrogen-bond acceptors (Lipinski definition) is 7. The van der Waals surface area contributed by atoms with Crippen molar-refractivity contribution >= 4 is 16.9 Å². The van der Waals surface area contributed by atoms with Crippen molar-refractivity contribution in [3.63, 3.8) is 0 Å². The first-order chi connectivity index (χ1) is 17.9. The normalized spacial score (nSPS) is 17.8. The molecule has 9 nitrogen and oxygen atoms in total. The fourth-order valence-electron chi connectivity index (χ4n) is 5.13. The zero-order valence-electron chi connectivity index (χ0n) is 20.3. The number of esters is 1.